The molecular formula is C21H21NO3. The normalized spacial score (nSPS) is 25.0. The van der Waals surface area contributed by atoms with Crippen molar-refractivity contribution in [3.63, 3.8) is 0 Å². The molecule has 0 unspecified atom stereocenters. The molecule has 128 valence electrons. The van der Waals surface area contributed by atoms with Crippen LogP contribution < -0.4 is 4.90 Å². The van der Waals surface area contributed by atoms with Crippen molar-refractivity contribution in [3.8, 4) is 0 Å². The third-order valence-electron chi connectivity index (χ3n) is 5.43. The summed E-state index contributed by atoms with van der Waals surface area (Å²) in [6.07, 6.45) is 1.96. The number of carbonyl (C=O) groups excluding carboxylic acids is 2. The third kappa shape index (κ3) is 2.17. The number of nitrogens with zero attached hydrogens (tertiary/aromatic N) is 1. The maximum absolute atomic E-state index is 13.2. The van der Waals surface area contributed by atoms with E-state index in [1.54, 1.807) is 17.0 Å². The van der Waals surface area contributed by atoms with Gasteiger partial charge in [0, 0.05) is 17.7 Å². The van der Waals surface area contributed by atoms with Gasteiger partial charge >= 0.3 is 0 Å². The number of hydrogen-bond acceptors (Lipinski definition) is 3. The first-order chi connectivity index (χ1) is 12.1. The molecule has 0 bridgehead atoms. The molecule has 2 aliphatic rings. The molecule has 1 aliphatic carbocycles. The largest absolute Gasteiger partial charge is 0.375 e. The molecule has 4 heteroatoms. The molecule has 0 fully saturated rings. The maximum atomic E-state index is 13.2. The smallest absolute Gasteiger partial charge is 0.264 e. The van der Waals surface area contributed by atoms with Crippen LogP contribution in [0.2, 0.25) is 0 Å². The van der Waals surface area contributed by atoms with Gasteiger partial charge in [0.2, 0.25) is 0 Å². The predicted octanol–water partition coefficient (Wildman–Crippen LogP) is 3.08. The summed E-state index contributed by atoms with van der Waals surface area (Å²) in [6, 6.07) is 14.8. The van der Waals surface area contributed by atoms with E-state index in [4.69, 9.17) is 0 Å². The van der Waals surface area contributed by atoms with Gasteiger partial charge in [-0.2, -0.15) is 0 Å². The Labute approximate surface area is 147 Å². The number of aliphatic hydroxyl groups is 1. The van der Waals surface area contributed by atoms with Crippen LogP contribution >= 0.6 is 0 Å². The van der Waals surface area contributed by atoms with Gasteiger partial charge in [0.05, 0.1) is 11.6 Å². The summed E-state index contributed by atoms with van der Waals surface area (Å²) in [5.41, 5.74) is 1.15. The molecule has 4 nitrogen and oxygen atoms in total. The second-order valence-electron chi connectivity index (χ2n) is 6.85. The third-order valence-corrected chi connectivity index (χ3v) is 5.43. The van der Waals surface area contributed by atoms with Crippen molar-refractivity contribution in [3.05, 3.63) is 65.2 Å². The van der Waals surface area contributed by atoms with Crippen LogP contribution in [0.3, 0.4) is 0 Å². The van der Waals surface area contributed by atoms with E-state index in [1.807, 2.05) is 43.3 Å². The summed E-state index contributed by atoms with van der Waals surface area (Å²) < 4.78 is 0. The fourth-order valence-corrected chi connectivity index (χ4v) is 4.24. The summed E-state index contributed by atoms with van der Waals surface area (Å²) in [5.74, 6) is -1.24. The van der Waals surface area contributed by atoms with E-state index in [1.165, 1.54) is 0 Å². The summed E-state index contributed by atoms with van der Waals surface area (Å²) in [5, 5.41) is 11.5. The Morgan fingerprint density at radius 1 is 1.12 bits per heavy atom. The monoisotopic (exact) mass is 335 g/mol. The highest BCUT2D eigenvalue weighted by molar-refractivity contribution is 6.12. The first kappa shape index (κ1) is 16.0. The molecule has 0 saturated carbocycles. The van der Waals surface area contributed by atoms with Crippen LogP contribution in [0.5, 0.6) is 0 Å². The molecule has 0 aromatic heterocycles. The van der Waals surface area contributed by atoms with Crippen molar-refractivity contribution >= 4 is 17.4 Å². The number of Topliss-reactive ketones (excluding diaryl/α,β-unsaturated/α-hetero) is 1. The predicted molar refractivity (Wildman–Crippen MR) is 95.6 cm³/mol. The van der Waals surface area contributed by atoms with Crippen LogP contribution in [-0.4, -0.2) is 23.3 Å². The number of benzene rings is 2. The number of carbonyl (C=O) groups is 2. The van der Waals surface area contributed by atoms with Crippen LogP contribution in [0, 0.1) is 5.92 Å². The lowest BCUT2D eigenvalue weighted by Crippen LogP contribution is -2.49. The second-order valence-corrected chi connectivity index (χ2v) is 6.85. The summed E-state index contributed by atoms with van der Waals surface area (Å²) >= 11 is 0. The van der Waals surface area contributed by atoms with E-state index in [0.29, 0.717) is 30.5 Å². The molecule has 1 N–H and O–H groups in total. The zero-order valence-electron chi connectivity index (χ0n) is 14.2. The van der Waals surface area contributed by atoms with Crippen LogP contribution in [0.1, 0.15) is 41.3 Å². The zero-order valence-corrected chi connectivity index (χ0v) is 14.2. The topological polar surface area (TPSA) is 57.6 Å². The van der Waals surface area contributed by atoms with Crippen molar-refractivity contribution in [2.45, 2.75) is 31.8 Å². The van der Waals surface area contributed by atoms with Gasteiger partial charge in [-0.3, -0.25) is 9.59 Å². The Balaban J connectivity index is 1.82. The van der Waals surface area contributed by atoms with E-state index in [-0.39, 0.29) is 11.7 Å². The van der Waals surface area contributed by atoms with E-state index < -0.39 is 11.5 Å². The Morgan fingerprint density at radius 2 is 1.84 bits per heavy atom. The number of anilines is 1. The minimum Gasteiger partial charge on any atom is -0.375 e. The van der Waals surface area contributed by atoms with Crippen LogP contribution in [0.15, 0.2) is 48.5 Å². The average molecular weight is 335 g/mol. The summed E-state index contributed by atoms with van der Waals surface area (Å²) in [6.45, 7) is 2.53. The van der Waals surface area contributed by atoms with Gasteiger partial charge in [0.15, 0.2) is 11.4 Å². The fourth-order valence-electron chi connectivity index (χ4n) is 4.24. The van der Waals surface area contributed by atoms with Gasteiger partial charge in [-0.15, -0.1) is 0 Å². The van der Waals surface area contributed by atoms with Gasteiger partial charge in [0.1, 0.15) is 0 Å². The molecule has 0 radical (unpaired) electrons. The van der Waals surface area contributed by atoms with Crippen LogP contribution in [-0.2, 0) is 16.8 Å². The highest BCUT2D eigenvalue weighted by Crippen LogP contribution is 2.48. The Morgan fingerprint density at radius 3 is 2.64 bits per heavy atom. The van der Waals surface area contributed by atoms with Gasteiger partial charge in [-0.1, -0.05) is 49.4 Å². The minimum atomic E-state index is -1.77. The van der Waals surface area contributed by atoms with Crippen LogP contribution in [0.25, 0.3) is 0 Å². The van der Waals surface area contributed by atoms with Crippen molar-refractivity contribution < 1.29 is 14.7 Å². The molecule has 0 saturated heterocycles. The van der Waals surface area contributed by atoms with Gasteiger partial charge in [0.25, 0.3) is 5.91 Å². The second kappa shape index (κ2) is 5.81. The fraction of sp³-hybridized carbons (Fsp3) is 0.333. The van der Waals surface area contributed by atoms with Crippen molar-refractivity contribution in [2.75, 3.05) is 11.4 Å². The van der Waals surface area contributed by atoms with Crippen molar-refractivity contribution in [2.24, 2.45) is 5.92 Å². The highest BCUT2D eigenvalue weighted by atomic mass is 16.3. The highest BCUT2D eigenvalue weighted by Gasteiger charge is 2.57. The molecule has 2 atom stereocenters. The van der Waals surface area contributed by atoms with Gasteiger partial charge < -0.3 is 10.0 Å². The van der Waals surface area contributed by atoms with Gasteiger partial charge in [-0.25, -0.2) is 0 Å². The maximum Gasteiger partial charge on any atom is 0.264 e. The zero-order chi connectivity index (χ0) is 17.6. The first-order valence-corrected chi connectivity index (χ1v) is 8.85. The number of para-hydroxylation sites is 1. The average Bonchev–Trinajstić information content (AvgIpc) is 2.85. The lowest BCUT2D eigenvalue weighted by atomic mass is 9.71. The summed E-state index contributed by atoms with van der Waals surface area (Å²) in [7, 11) is 0. The number of amides is 1. The van der Waals surface area contributed by atoms with Crippen molar-refractivity contribution in [1.82, 2.24) is 0 Å². The number of rotatable bonds is 3. The number of fused-ring (bicyclic) bond motifs is 2. The Hall–Kier alpha value is -2.46. The van der Waals surface area contributed by atoms with E-state index >= 15 is 0 Å². The van der Waals surface area contributed by atoms with Crippen LogP contribution in [0.4, 0.5) is 5.69 Å². The molecule has 25 heavy (non-hydrogen) atoms. The van der Waals surface area contributed by atoms with E-state index in [9.17, 15) is 14.7 Å². The lowest BCUT2D eigenvalue weighted by Gasteiger charge is -2.34. The molecule has 1 amide bonds. The first-order valence-electron chi connectivity index (χ1n) is 8.85. The Kier molecular flexibility index (Phi) is 3.73. The molecule has 2 aromatic rings. The summed E-state index contributed by atoms with van der Waals surface area (Å²) in [4.78, 5) is 27.9. The van der Waals surface area contributed by atoms with Gasteiger partial charge in [-0.05, 0) is 30.9 Å². The molecule has 0 spiro atoms. The Bertz CT molecular complexity index is 860. The lowest BCUT2D eigenvalue weighted by molar-refractivity contribution is -0.140. The number of hydrogen-bond donors (Lipinski definition) is 1. The molecule has 2 aromatic carbocycles. The minimum absolute atomic E-state index is 0.133. The SMILES string of the molecule is CCCN1C(=O)[C@@](O)([C@H]2CCc3ccccc3C2=O)c2ccccc21. The van der Waals surface area contributed by atoms with E-state index in [2.05, 4.69) is 0 Å². The number of ketones is 1. The molecule has 1 heterocycles. The van der Waals surface area contributed by atoms with Crippen molar-refractivity contribution in [1.29, 1.82) is 0 Å². The quantitative estimate of drug-likeness (QED) is 0.938. The molecule has 1 aliphatic heterocycles. The molecule has 4 rings (SSSR count). The molecular weight excluding hydrogens is 314 g/mol. The van der Waals surface area contributed by atoms with E-state index in [0.717, 1.165) is 17.7 Å². The standard InChI is InChI=1S/C21H21NO3/c1-2-13-22-18-10-6-5-9-16(18)21(25,20(22)24)17-12-11-14-7-3-4-8-15(14)19(17)23/h3-10,17,25H,2,11-13H2,1H3/t17-,21-/m0/s1. The number of aryl methyl sites for hydroxylation is 1.